The molecule has 0 spiro atoms. The van der Waals surface area contributed by atoms with Crippen LogP contribution in [0.4, 0.5) is 5.82 Å². The Hall–Kier alpha value is -2.17. The lowest BCUT2D eigenvalue weighted by molar-refractivity contribution is -0.0333. The normalized spacial score (nSPS) is 21.6. The molecule has 0 amide bonds. The number of ether oxygens (including phenoxy) is 1. The van der Waals surface area contributed by atoms with E-state index in [0.717, 1.165) is 0 Å². The Labute approximate surface area is 132 Å². The average molecular weight is 320 g/mol. The smallest absolute Gasteiger partial charge is 0.257 e. The summed E-state index contributed by atoms with van der Waals surface area (Å²) < 4.78 is 11.1. The average Bonchev–Trinajstić information content (AvgIpc) is 2.93. The van der Waals surface area contributed by atoms with Gasteiger partial charge in [0.25, 0.3) is 5.89 Å². The summed E-state index contributed by atoms with van der Waals surface area (Å²) in [5.41, 5.74) is 0.430. The molecule has 7 nitrogen and oxygen atoms in total. The topological polar surface area (TPSA) is 88.1 Å². The largest absolute Gasteiger partial charge is 0.362 e. The second-order valence-electron chi connectivity index (χ2n) is 5.16. The predicted octanol–water partition coefficient (Wildman–Crippen LogP) is 2.26. The Morgan fingerprint density at radius 3 is 2.91 bits per heavy atom. The molecule has 0 saturated carbocycles. The number of hydrogen-bond acceptors (Lipinski definition) is 7. The Kier molecular flexibility index (Phi) is 3.96. The maximum absolute atomic E-state index is 8.89. The summed E-state index contributed by atoms with van der Waals surface area (Å²) in [5, 5.41) is 13.1. The van der Waals surface area contributed by atoms with E-state index in [0.29, 0.717) is 41.2 Å². The van der Waals surface area contributed by atoms with E-state index in [1.807, 2.05) is 17.9 Å². The van der Waals surface area contributed by atoms with Crippen molar-refractivity contribution in [3.05, 3.63) is 34.6 Å². The first-order valence-corrected chi connectivity index (χ1v) is 7.21. The summed E-state index contributed by atoms with van der Waals surface area (Å²) in [6.45, 7) is 4.86. The lowest BCUT2D eigenvalue weighted by Crippen LogP contribution is -2.43. The van der Waals surface area contributed by atoms with Crippen LogP contribution in [0.2, 0.25) is 5.02 Å². The maximum Gasteiger partial charge on any atom is 0.257 e. The van der Waals surface area contributed by atoms with E-state index in [9.17, 15) is 0 Å². The van der Waals surface area contributed by atoms with Crippen molar-refractivity contribution in [2.45, 2.75) is 26.1 Å². The molecule has 0 aliphatic carbocycles. The number of aromatic nitrogens is 3. The van der Waals surface area contributed by atoms with Crippen molar-refractivity contribution in [2.24, 2.45) is 0 Å². The van der Waals surface area contributed by atoms with Crippen molar-refractivity contribution in [1.29, 1.82) is 5.26 Å². The van der Waals surface area contributed by atoms with Crippen LogP contribution in [0, 0.1) is 18.3 Å². The molecule has 1 aliphatic heterocycles. The molecule has 0 radical (unpaired) electrons. The van der Waals surface area contributed by atoms with Crippen LogP contribution in [0.1, 0.15) is 30.3 Å². The molecule has 1 saturated heterocycles. The SMILES string of the molecule is Cc1noc([C@H]2CN(c3ncc(C#N)cc3Cl)C[C@@H](C)O2)n1. The Morgan fingerprint density at radius 2 is 2.27 bits per heavy atom. The highest BCUT2D eigenvalue weighted by atomic mass is 35.5. The molecule has 0 bridgehead atoms. The summed E-state index contributed by atoms with van der Waals surface area (Å²) in [7, 11) is 0. The van der Waals surface area contributed by atoms with E-state index in [1.54, 1.807) is 13.0 Å². The monoisotopic (exact) mass is 319 g/mol. The van der Waals surface area contributed by atoms with Gasteiger partial charge in [0.15, 0.2) is 11.9 Å². The molecule has 1 fully saturated rings. The van der Waals surface area contributed by atoms with Gasteiger partial charge in [0, 0.05) is 12.7 Å². The van der Waals surface area contributed by atoms with Crippen LogP contribution in [0.5, 0.6) is 0 Å². The quantitative estimate of drug-likeness (QED) is 0.838. The van der Waals surface area contributed by atoms with Crippen molar-refractivity contribution in [2.75, 3.05) is 18.0 Å². The zero-order valence-corrected chi connectivity index (χ0v) is 12.9. The van der Waals surface area contributed by atoms with Crippen molar-refractivity contribution >= 4 is 17.4 Å². The number of rotatable bonds is 2. The highest BCUT2D eigenvalue weighted by Gasteiger charge is 2.31. The Morgan fingerprint density at radius 1 is 1.45 bits per heavy atom. The number of anilines is 1. The van der Waals surface area contributed by atoms with Crippen molar-refractivity contribution in [3.8, 4) is 6.07 Å². The van der Waals surface area contributed by atoms with Gasteiger partial charge in [-0.25, -0.2) is 4.98 Å². The second kappa shape index (κ2) is 5.91. The van der Waals surface area contributed by atoms with Gasteiger partial charge < -0.3 is 14.2 Å². The fourth-order valence-corrected chi connectivity index (χ4v) is 2.72. The number of morpholine rings is 1. The molecule has 3 heterocycles. The summed E-state index contributed by atoms with van der Waals surface area (Å²) in [4.78, 5) is 10.5. The Bertz CT molecular complexity index is 726. The minimum Gasteiger partial charge on any atom is -0.362 e. The van der Waals surface area contributed by atoms with Crippen molar-refractivity contribution in [1.82, 2.24) is 15.1 Å². The molecule has 1 aliphatic rings. The van der Waals surface area contributed by atoms with Gasteiger partial charge in [-0.15, -0.1) is 0 Å². The van der Waals surface area contributed by atoms with Crippen LogP contribution >= 0.6 is 11.6 Å². The first-order chi connectivity index (χ1) is 10.6. The van der Waals surface area contributed by atoms with E-state index >= 15 is 0 Å². The van der Waals surface area contributed by atoms with E-state index in [1.165, 1.54) is 6.20 Å². The third-order valence-electron chi connectivity index (χ3n) is 3.33. The minimum atomic E-state index is -0.335. The lowest BCUT2D eigenvalue weighted by Gasteiger charge is -2.36. The molecular weight excluding hydrogens is 306 g/mol. The lowest BCUT2D eigenvalue weighted by atomic mass is 10.2. The molecule has 0 unspecified atom stereocenters. The predicted molar refractivity (Wildman–Crippen MR) is 78.5 cm³/mol. The van der Waals surface area contributed by atoms with E-state index < -0.39 is 0 Å². The Balaban J connectivity index is 1.86. The van der Waals surface area contributed by atoms with Crippen molar-refractivity contribution < 1.29 is 9.26 Å². The standard InChI is InChI=1S/C14H14ClN5O2/c1-8-6-20(13-11(15)3-10(4-16)5-17-13)7-12(21-8)14-18-9(2)19-22-14/h3,5,8,12H,6-7H2,1-2H3/t8-,12-/m1/s1. The maximum atomic E-state index is 8.89. The number of aryl methyl sites for hydroxylation is 1. The number of hydrogen-bond donors (Lipinski definition) is 0. The third kappa shape index (κ3) is 2.89. The molecule has 0 N–H and O–H groups in total. The number of halogens is 1. The van der Waals surface area contributed by atoms with Gasteiger partial charge in [-0.05, 0) is 19.9 Å². The van der Waals surface area contributed by atoms with Gasteiger partial charge in [-0.2, -0.15) is 10.2 Å². The van der Waals surface area contributed by atoms with Gasteiger partial charge in [0.2, 0.25) is 0 Å². The summed E-state index contributed by atoms with van der Waals surface area (Å²) in [6, 6.07) is 3.63. The molecule has 8 heteroatoms. The molecule has 0 aromatic carbocycles. The summed E-state index contributed by atoms with van der Waals surface area (Å²) in [6.07, 6.45) is 1.13. The highest BCUT2D eigenvalue weighted by Crippen LogP contribution is 2.31. The van der Waals surface area contributed by atoms with Crippen LogP contribution in [0.3, 0.4) is 0 Å². The van der Waals surface area contributed by atoms with Gasteiger partial charge in [-0.1, -0.05) is 16.8 Å². The third-order valence-corrected chi connectivity index (χ3v) is 3.61. The first kappa shape index (κ1) is 14.8. The van der Waals surface area contributed by atoms with Crippen LogP contribution in [-0.4, -0.2) is 34.3 Å². The first-order valence-electron chi connectivity index (χ1n) is 6.83. The molecular formula is C14H14ClN5O2. The zero-order chi connectivity index (χ0) is 15.7. The number of nitrogens with zero attached hydrogens (tertiary/aromatic N) is 5. The number of pyridine rings is 1. The van der Waals surface area contributed by atoms with E-state index in [4.69, 9.17) is 26.1 Å². The molecule has 22 heavy (non-hydrogen) atoms. The second-order valence-corrected chi connectivity index (χ2v) is 5.57. The van der Waals surface area contributed by atoms with E-state index in [2.05, 4.69) is 15.1 Å². The van der Waals surface area contributed by atoms with Crippen LogP contribution < -0.4 is 4.90 Å². The van der Waals surface area contributed by atoms with Crippen LogP contribution in [0.25, 0.3) is 0 Å². The molecule has 2 aromatic heterocycles. The summed E-state index contributed by atoms with van der Waals surface area (Å²) in [5.74, 6) is 1.63. The van der Waals surface area contributed by atoms with E-state index in [-0.39, 0.29) is 12.2 Å². The van der Waals surface area contributed by atoms with Crippen LogP contribution in [0.15, 0.2) is 16.8 Å². The zero-order valence-electron chi connectivity index (χ0n) is 12.2. The molecule has 114 valence electrons. The molecule has 2 atom stereocenters. The van der Waals surface area contributed by atoms with Gasteiger partial charge in [-0.3, -0.25) is 0 Å². The summed E-state index contributed by atoms with van der Waals surface area (Å²) >= 11 is 6.24. The molecule has 2 aromatic rings. The minimum absolute atomic E-state index is 0.0422. The van der Waals surface area contributed by atoms with Crippen LogP contribution in [-0.2, 0) is 4.74 Å². The van der Waals surface area contributed by atoms with Crippen molar-refractivity contribution in [3.63, 3.8) is 0 Å². The van der Waals surface area contributed by atoms with Gasteiger partial charge in [0.1, 0.15) is 11.9 Å². The number of nitriles is 1. The highest BCUT2D eigenvalue weighted by molar-refractivity contribution is 6.33. The fraction of sp³-hybridized carbons (Fsp3) is 0.429. The van der Waals surface area contributed by atoms with Gasteiger partial charge >= 0.3 is 0 Å². The molecule has 3 rings (SSSR count). The fourth-order valence-electron chi connectivity index (χ4n) is 2.43. The van der Waals surface area contributed by atoms with Gasteiger partial charge in [0.05, 0.1) is 23.2 Å².